The van der Waals surface area contributed by atoms with Crippen LogP contribution in [0.25, 0.3) is 0 Å². The van der Waals surface area contributed by atoms with Gasteiger partial charge in [0.15, 0.2) is 6.29 Å². The standard InChI is InChI=1S/C32H44N4O6S/c1-19(2)15-24(29(38)35-22-13-14-41-31(22)40-6)36-30(39)25(18-42-32(3,4)5)34-28(37)17-20-11-12-27-23(16-20)33-21-9-7-8-10-26(21)43-27/h7-12,16,19,22,24-25,31,33H,13-15,17-18H2,1-6H3,(H,34,37)(H,35,38)(H,36,39)/t22-,24-,25-,31?/m0/s1. The van der Waals surface area contributed by atoms with E-state index >= 15 is 0 Å². The summed E-state index contributed by atoms with van der Waals surface area (Å²) in [5.41, 5.74) is 2.23. The predicted octanol–water partition coefficient (Wildman–Crippen LogP) is 4.15. The van der Waals surface area contributed by atoms with Gasteiger partial charge in [0.1, 0.15) is 12.1 Å². The number of hydrogen-bond donors (Lipinski definition) is 4. The number of hydrogen-bond acceptors (Lipinski definition) is 8. The summed E-state index contributed by atoms with van der Waals surface area (Å²) in [7, 11) is 1.53. The Labute approximate surface area is 258 Å². The van der Waals surface area contributed by atoms with Crippen molar-refractivity contribution < 1.29 is 28.6 Å². The zero-order chi connectivity index (χ0) is 31.1. The van der Waals surface area contributed by atoms with Crippen LogP contribution in [0.4, 0.5) is 11.4 Å². The lowest BCUT2D eigenvalue weighted by Crippen LogP contribution is -2.57. The Hall–Kier alpha value is -3.12. The molecule has 0 spiro atoms. The van der Waals surface area contributed by atoms with Gasteiger partial charge in [-0.25, -0.2) is 0 Å². The van der Waals surface area contributed by atoms with E-state index < -0.39 is 29.9 Å². The van der Waals surface area contributed by atoms with E-state index in [0.717, 1.165) is 26.7 Å². The van der Waals surface area contributed by atoms with Gasteiger partial charge in [0.2, 0.25) is 17.7 Å². The second kappa shape index (κ2) is 14.6. The van der Waals surface area contributed by atoms with Crippen LogP contribution in [-0.2, 0) is 35.0 Å². The molecular weight excluding hydrogens is 568 g/mol. The molecular formula is C32H44N4O6S. The molecule has 0 saturated carbocycles. The summed E-state index contributed by atoms with van der Waals surface area (Å²) < 4.78 is 16.7. The van der Waals surface area contributed by atoms with E-state index in [2.05, 4.69) is 27.3 Å². The highest BCUT2D eigenvalue weighted by molar-refractivity contribution is 7.99. The van der Waals surface area contributed by atoms with Gasteiger partial charge in [-0.2, -0.15) is 0 Å². The Morgan fingerprint density at radius 3 is 2.49 bits per heavy atom. The van der Waals surface area contributed by atoms with Gasteiger partial charge in [0.05, 0.1) is 42.7 Å². The van der Waals surface area contributed by atoms with Crippen LogP contribution in [-0.4, -0.2) is 68.1 Å². The van der Waals surface area contributed by atoms with Crippen molar-refractivity contribution in [2.45, 2.75) is 93.7 Å². The first-order valence-electron chi connectivity index (χ1n) is 14.8. The van der Waals surface area contributed by atoms with Gasteiger partial charge in [-0.05, 0) is 69.4 Å². The van der Waals surface area contributed by atoms with Gasteiger partial charge in [-0.3, -0.25) is 14.4 Å². The third kappa shape index (κ3) is 9.43. The van der Waals surface area contributed by atoms with Gasteiger partial charge < -0.3 is 35.5 Å². The lowest BCUT2D eigenvalue weighted by Gasteiger charge is -2.28. The Balaban J connectivity index is 1.42. The highest BCUT2D eigenvalue weighted by Gasteiger charge is 2.34. The predicted molar refractivity (Wildman–Crippen MR) is 166 cm³/mol. The molecule has 3 amide bonds. The van der Waals surface area contributed by atoms with Gasteiger partial charge in [0.25, 0.3) is 0 Å². The average molecular weight is 613 g/mol. The number of anilines is 2. The zero-order valence-corrected chi connectivity index (χ0v) is 26.6. The number of para-hydroxylation sites is 1. The Morgan fingerprint density at radius 1 is 1.02 bits per heavy atom. The van der Waals surface area contributed by atoms with Crippen molar-refractivity contribution in [3.63, 3.8) is 0 Å². The van der Waals surface area contributed by atoms with Gasteiger partial charge in [-0.15, -0.1) is 0 Å². The molecule has 10 nitrogen and oxygen atoms in total. The van der Waals surface area contributed by atoms with Crippen molar-refractivity contribution in [1.29, 1.82) is 0 Å². The number of nitrogens with one attached hydrogen (secondary N) is 4. The SMILES string of the molecule is COC1OCC[C@@H]1NC(=O)[C@H](CC(C)C)NC(=O)[C@H](COC(C)(C)C)NC(=O)Cc1ccc2c(c1)Nc1ccccc1S2. The molecule has 0 aliphatic carbocycles. The summed E-state index contributed by atoms with van der Waals surface area (Å²) in [5, 5.41) is 12.1. The van der Waals surface area contributed by atoms with Gasteiger partial charge >= 0.3 is 0 Å². The second-order valence-electron chi connectivity index (χ2n) is 12.3. The minimum absolute atomic E-state index is 0.0432. The minimum atomic E-state index is -0.992. The van der Waals surface area contributed by atoms with Crippen LogP contribution in [0.3, 0.4) is 0 Å². The molecule has 0 radical (unpaired) electrons. The fourth-order valence-corrected chi connectivity index (χ4v) is 5.91. The molecule has 2 heterocycles. The van der Waals surface area contributed by atoms with Crippen molar-refractivity contribution in [2.75, 3.05) is 25.6 Å². The van der Waals surface area contributed by atoms with Crippen LogP contribution >= 0.6 is 11.8 Å². The summed E-state index contributed by atoms with van der Waals surface area (Å²) in [4.78, 5) is 42.3. The van der Waals surface area contributed by atoms with E-state index in [4.69, 9.17) is 14.2 Å². The fourth-order valence-electron chi connectivity index (χ4n) is 4.94. The van der Waals surface area contributed by atoms with Crippen LogP contribution in [0.2, 0.25) is 0 Å². The summed E-state index contributed by atoms with van der Waals surface area (Å²) in [5.74, 6) is -0.986. The Morgan fingerprint density at radius 2 is 1.77 bits per heavy atom. The van der Waals surface area contributed by atoms with E-state index in [0.29, 0.717) is 19.4 Å². The molecule has 0 aromatic heterocycles. The van der Waals surface area contributed by atoms with E-state index in [1.807, 2.05) is 71.0 Å². The Bertz CT molecular complexity index is 1300. The average Bonchev–Trinajstić information content (AvgIpc) is 3.39. The molecule has 43 heavy (non-hydrogen) atoms. The van der Waals surface area contributed by atoms with E-state index in [1.54, 1.807) is 11.8 Å². The molecule has 2 aromatic rings. The summed E-state index contributed by atoms with van der Waals surface area (Å²) in [6.07, 6.45) is 0.594. The molecule has 234 valence electrons. The molecule has 1 unspecified atom stereocenters. The largest absolute Gasteiger partial charge is 0.373 e. The van der Waals surface area contributed by atoms with E-state index in [1.165, 1.54) is 7.11 Å². The molecule has 11 heteroatoms. The number of fused-ring (bicyclic) bond motifs is 2. The fraction of sp³-hybridized carbons (Fsp3) is 0.531. The van der Waals surface area contributed by atoms with Crippen LogP contribution in [0.15, 0.2) is 52.3 Å². The molecule has 4 rings (SSSR count). The highest BCUT2D eigenvalue weighted by atomic mass is 32.2. The number of benzene rings is 2. The van der Waals surface area contributed by atoms with Gasteiger partial charge in [-0.1, -0.05) is 43.8 Å². The maximum absolute atomic E-state index is 13.6. The molecule has 2 aliphatic heterocycles. The first kappa shape index (κ1) is 32.8. The van der Waals surface area contributed by atoms with Crippen molar-refractivity contribution in [2.24, 2.45) is 5.92 Å². The van der Waals surface area contributed by atoms with Crippen molar-refractivity contribution in [1.82, 2.24) is 16.0 Å². The monoisotopic (exact) mass is 612 g/mol. The lowest BCUT2D eigenvalue weighted by molar-refractivity contribution is -0.136. The minimum Gasteiger partial charge on any atom is -0.373 e. The van der Waals surface area contributed by atoms with Crippen LogP contribution in [0.5, 0.6) is 0 Å². The smallest absolute Gasteiger partial charge is 0.245 e. The molecule has 1 fully saturated rings. The third-order valence-corrected chi connectivity index (χ3v) is 8.21. The molecule has 1 saturated heterocycles. The normalized spacial score (nSPS) is 19.0. The first-order valence-corrected chi connectivity index (χ1v) is 15.6. The zero-order valence-electron chi connectivity index (χ0n) is 25.8. The van der Waals surface area contributed by atoms with Crippen molar-refractivity contribution in [3.8, 4) is 0 Å². The van der Waals surface area contributed by atoms with Crippen LogP contribution < -0.4 is 21.3 Å². The molecule has 2 aromatic carbocycles. The van der Waals surface area contributed by atoms with Crippen LogP contribution in [0, 0.1) is 5.92 Å². The Kier molecular flexibility index (Phi) is 11.1. The van der Waals surface area contributed by atoms with Gasteiger partial charge in [0, 0.05) is 16.9 Å². The maximum Gasteiger partial charge on any atom is 0.245 e. The maximum atomic E-state index is 13.6. The molecule has 4 atom stereocenters. The van der Waals surface area contributed by atoms with E-state index in [9.17, 15) is 14.4 Å². The first-order chi connectivity index (χ1) is 20.4. The topological polar surface area (TPSA) is 127 Å². The van der Waals surface area contributed by atoms with Crippen LogP contribution in [0.1, 0.15) is 53.0 Å². The summed E-state index contributed by atoms with van der Waals surface area (Å²) in [6, 6.07) is 11.9. The number of ether oxygens (including phenoxy) is 3. The number of methoxy groups -OCH3 is 1. The second-order valence-corrected chi connectivity index (χ2v) is 13.4. The van der Waals surface area contributed by atoms with Crippen molar-refractivity contribution in [3.05, 3.63) is 48.0 Å². The quantitative estimate of drug-likeness (QED) is 0.240. The summed E-state index contributed by atoms with van der Waals surface area (Å²) in [6.45, 7) is 10.0. The number of carbonyl (C=O) groups is 3. The highest BCUT2D eigenvalue weighted by Crippen LogP contribution is 2.44. The van der Waals surface area contributed by atoms with E-state index in [-0.39, 0.29) is 36.8 Å². The molecule has 0 bridgehead atoms. The number of rotatable bonds is 12. The van der Waals surface area contributed by atoms with Crippen molar-refractivity contribution >= 4 is 40.9 Å². The molecule has 2 aliphatic rings. The number of amides is 3. The number of carbonyl (C=O) groups excluding carboxylic acids is 3. The molecule has 4 N–H and O–H groups in total. The summed E-state index contributed by atoms with van der Waals surface area (Å²) >= 11 is 1.68. The third-order valence-electron chi connectivity index (χ3n) is 7.06. The lowest BCUT2D eigenvalue weighted by atomic mass is 10.0.